The third-order valence-electron chi connectivity index (χ3n) is 3.68. The van der Waals surface area contributed by atoms with E-state index in [9.17, 15) is 10.2 Å². The summed E-state index contributed by atoms with van der Waals surface area (Å²) in [5, 5.41) is 22.8. The SMILES string of the molecule is CNc1nc(Cl)nc2c1ncn2[C@@H]1C[C@H](N)[C@@H](O)[C@H]1O. The minimum Gasteiger partial charge on any atom is -0.389 e. The second-order valence-corrected chi connectivity index (χ2v) is 5.20. The van der Waals surface area contributed by atoms with Gasteiger partial charge in [0.25, 0.3) is 0 Å². The zero-order chi connectivity index (χ0) is 14.4. The maximum atomic E-state index is 10.1. The highest BCUT2D eigenvalue weighted by molar-refractivity contribution is 6.28. The number of halogens is 1. The highest BCUT2D eigenvalue weighted by atomic mass is 35.5. The smallest absolute Gasteiger partial charge is 0.226 e. The molecule has 4 atom stereocenters. The number of aliphatic hydroxyl groups is 2. The molecule has 5 N–H and O–H groups in total. The Bertz CT molecular complexity index is 647. The molecule has 0 aromatic carbocycles. The van der Waals surface area contributed by atoms with E-state index in [2.05, 4.69) is 20.3 Å². The monoisotopic (exact) mass is 298 g/mol. The summed E-state index contributed by atoms with van der Waals surface area (Å²) < 4.78 is 1.68. The fourth-order valence-corrected chi connectivity index (χ4v) is 2.79. The van der Waals surface area contributed by atoms with Gasteiger partial charge < -0.3 is 25.8 Å². The Morgan fingerprint density at radius 2 is 2.15 bits per heavy atom. The average Bonchev–Trinajstić information content (AvgIpc) is 2.94. The first kappa shape index (κ1) is 13.5. The molecule has 20 heavy (non-hydrogen) atoms. The van der Waals surface area contributed by atoms with Crippen LogP contribution in [0.3, 0.4) is 0 Å². The molecule has 9 heteroatoms. The van der Waals surface area contributed by atoms with Crippen LogP contribution in [-0.4, -0.2) is 55.0 Å². The van der Waals surface area contributed by atoms with E-state index in [1.165, 1.54) is 0 Å². The van der Waals surface area contributed by atoms with E-state index in [1.54, 1.807) is 17.9 Å². The van der Waals surface area contributed by atoms with Crippen molar-refractivity contribution in [3.05, 3.63) is 11.6 Å². The van der Waals surface area contributed by atoms with Crippen LogP contribution in [0, 0.1) is 0 Å². The van der Waals surface area contributed by atoms with Gasteiger partial charge in [0.1, 0.15) is 6.10 Å². The Hall–Kier alpha value is -1.48. The molecule has 0 radical (unpaired) electrons. The molecule has 0 unspecified atom stereocenters. The number of imidazole rings is 1. The summed E-state index contributed by atoms with van der Waals surface area (Å²) in [6.45, 7) is 0. The van der Waals surface area contributed by atoms with Gasteiger partial charge in [0, 0.05) is 13.1 Å². The Morgan fingerprint density at radius 3 is 2.75 bits per heavy atom. The highest BCUT2D eigenvalue weighted by Gasteiger charge is 2.41. The number of anilines is 1. The normalized spacial score (nSPS) is 30.1. The highest BCUT2D eigenvalue weighted by Crippen LogP contribution is 2.33. The summed E-state index contributed by atoms with van der Waals surface area (Å²) in [6.07, 6.45) is 0.0622. The molecule has 1 fully saturated rings. The van der Waals surface area contributed by atoms with E-state index < -0.39 is 18.2 Å². The molecule has 1 aliphatic carbocycles. The van der Waals surface area contributed by atoms with E-state index in [0.29, 0.717) is 23.4 Å². The summed E-state index contributed by atoms with van der Waals surface area (Å²) in [7, 11) is 1.71. The van der Waals surface area contributed by atoms with Crippen molar-refractivity contribution in [3.8, 4) is 0 Å². The van der Waals surface area contributed by atoms with Gasteiger partial charge in [0.2, 0.25) is 5.28 Å². The summed E-state index contributed by atoms with van der Waals surface area (Å²) in [5.41, 5.74) is 6.83. The quantitative estimate of drug-likeness (QED) is 0.552. The van der Waals surface area contributed by atoms with Crippen molar-refractivity contribution in [2.24, 2.45) is 5.73 Å². The lowest BCUT2D eigenvalue weighted by molar-refractivity contribution is 0.0187. The molecule has 8 nitrogen and oxygen atoms in total. The van der Waals surface area contributed by atoms with E-state index in [0.717, 1.165) is 0 Å². The topological polar surface area (TPSA) is 122 Å². The Morgan fingerprint density at radius 1 is 1.40 bits per heavy atom. The van der Waals surface area contributed by atoms with Crippen LogP contribution >= 0.6 is 11.6 Å². The number of hydrogen-bond acceptors (Lipinski definition) is 7. The van der Waals surface area contributed by atoms with Crippen LogP contribution in [-0.2, 0) is 0 Å². The average molecular weight is 299 g/mol. The molecule has 1 saturated carbocycles. The van der Waals surface area contributed by atoms with Crippen LogP contribution in [0.1, 0.15) is 12.5 Å². The zero-order valence-electron chi connectivity index (χ0n) is 10.7. The maximum absolute atomic E-state index is 10.1. The number of hydrogen-bond donors (Lipinski definition) is 4. The van der Waals surface area contributed by atoms with Crippen molar-refractivity contribution in [1.82, 2.24) is 19.5 Å². The summed E-state index contributed by atoms with van der Waals surface area (Å²) in [4.78, 5) is 12.4. The van der Waals surface area contributed by atoms with E-state index in [4.69, 9.17) is 17.3 Å². The predicted molar refractivity (Wildman–Crippen MR) is 73.5 cm³/mol. The van der Waals surface area contributed by atoms with Crippen LogP contribution < -0.4 is 11.1 Å². The van der Waals surface area contributed by atoms with Gasteiger partial charge in [-0.2, -0.15) is 9.97 Å². The summed E-state index contributed by atoms with van der Waals surface area (Å²) in [6, 6.07) is -0.866. The van der Waals surface area contributed by atoms with Crippen molar-refractivity contribution in [1.29, 1.82) is 0 Å². The first-order chi connectivity index (χ1) is 9.52. The first-order valence-electron chi connectivity index (χ1n) is 6.22. The number of nitrogens with two attached hydrogens (primary N) is 1. The molecule has 1 aliphatic rings. The third-order valence-corrected chi connectivity index (χ3v) is 3.85. The van der Waals surface area contributed by atoms with Gasteiger partial charge in [-0.05, 0) is 18.0 Å². The second kappa shape index (κ2) is 4.81. The van der Waals surface area contributed by atoms with E-state index in [-0.39, 0.29) is 11.3 Å². The number of rotatable bonds is 2. The van der Waals surface area contributed by atoms with E-state index in [1.807, 2.05) is 0 Å². The lowest BCUT2D eigenvalue weighted by atomic mass is 10.2. The van der Waals surface area contributed by atoms with Gasteiger partial charge in [-0.25, -0.2) is 4.98 Å². The molecule has 0 amide bonds. The number of nitrogens with zero attached hydrogens (tertiary/aromatic N) is 4. The fourth-order valence-electron chi connectivity index (χ4n) is 2.62. The van der Waals surface area contributed by atoms with Gasteiger partial charge in [-0.1, -0.05) is 0 Å². The summed E-state index contributed by atoms with van der Waals surface area (Å²) in [5.74, 6) is 0.510. The number of fused-ring (bicyclic) bond motifs is 1. The summed E-state index contributed by atoms with van der Waals surface area (Å²) >= 11 is 5.89. The molecular formula is C11H15ClN6O2. The standard InChI is InChI=1S/C11H15ClN6O2/c1-14-9-6-10(17-11(12)16-9)18(3-15-6)5-2-4(13)7(19)8(5)20/h3-5,7-8,19-20H,2,13H2,1H3,(H,14,16,17)/t4-,5+,7+,8-/m0/s1. The van der Waals surface area contributed by atoms with Crippen molar-refractivity contribution in [2.45, 2.75) is 30.7 Å². The Balaban J connectivity index is 2.11. The minimum absolute atomic E-state index is 0.0842. The molecule has 0 bridgehead atoms. The molecule has 0 spiro atoms. The van der Waals surface area contributed by atoms with Crippen LogP contribution in [0.25, 0.3) is 11.2 Å². The molecule has 3 rings (SSSR count). The molecule has 108 valence electrons. The zero-order valence-corrected chi connectivity index (χ0v) is 11.5. The maximum Gasteiger partial charge on any atom is 0.226 e. The molecule has 0 aliphatic heterocycles. The van der Waals surface area contributed by atoms with Gasteiger partial charge in [-0.3, -0.25) is 0 Å². The molecular weight excluding hydrogens is 284 g/mol. The Labute approximate surface area is 119 Å². The number of nitrogens with one attached hydrogen (secondary N) is 1. The van der Waals surface area contributed by atoms with Crippen molar-refractivity contribution in [3.63, 3.8) is 0 Å². The molecule has 0 saturated heterocycles. The number of aromatic nitrogens is 4. The van der Waals surface area contributed by atoms with Gasteiger partial charge in [0.05, 0.1) is 18.5 Å². The fraction of sp³-hybridized carbons (Fsp3) is 0.545. The molecule has 2 aromatic heterocycles. The van der Waals surface area contributed by atoms with Crippen LogP contribution in [0.2, 0.25) is 5.28 Å². The Kier molecular flexibility index (Phi) is 3.25. The van der Waals surface area contributed by atoms with Crippen LogP contribution in [0.15, 0.2) is 6.33 Å². The molecule has 2 heterocycles. The lowest BCUT2D eigenvalue weighted by Crippen LogP contribution is -2.35. The largest absolute Gasteiger partial charge is 0.389 e. The van der Waals surface area contributed by atoms with Crippen LogP contribution in [0.4, 0.5) is 5.82 Å². The van der Waals surface area contributed by atoms with Crippen LogP contribution in [0.5, 0.6) is 0 Å². The molecule has 2 aromatic rings. The van der Waals surface area contributed by atoms with Crippen molar-refractivity contribution in [2.75, 3.05) is 12.4 Å². The van der Waals surface area contributed by atoms with Crippen molar-refractivity contribution >= 4 is 28.6 Å². The van der Waals surface area contributed by atoms with Gasteiger partial charge in [-0.15, -0.1) is 0 Å². The van der Waals surface area contributed by atoms with Gasteiger partial charge in [0.15, 0.2) is 17.0 Å². The third kappa shape index (κ3) is 1.92. The second-order valence-electron chi connectivity index (χ2n) is 4.86. The predicted octanol–water partition coefficient (Wildman–Crippen LogP) is -0.485. The lowest BCUT2D eigenvalue weighted by Gasteiger charge is -2.18. The van der Waals surface area contributed by atoms with Crippen molar-refractivity contribution < 1.29 is 10.2 Å². The number of aliphatic hydroxyl groups excluding tert-OH is 2. The van der Waals surface area contributed by atoms with Gasteiger partial charge >= 0.3 is 0 Å². The van der Waals surface area contributed by atoms with E-state index >= 15 is 0 Å². The first-order valence-corrected chi connectivity index (χ1v) is 6.60. The minimum atomic E-state index is -0.964.